The van der Waals surface area contributed by atoms with Crippen LogP contribution in [0.3, 0.4) is 0 Å². The Hall–Kier alpha value is -3.28. The van der Waals surface area contributed by atoms with Gasteiger partial charge in [0, 0.05) is 12.7 Å². The minimum atomic E-state index is -0.299. The number of hydrogen-bond donors (Lipinski definition) is 2. The van der Waals surface area contributed by atoms with Crippen LogP contribution in [0.15, 0.2) is 65.6 Å². The van der Waals surface area contributed by atoms with Gasteiger partial charge in [0.15, 0.2) is 0 Å². The summed E-state index contributed by atoms with van der Waals surface area (Å²) in [6.45, 7) is 0.818. The van der Waals surface area contributed by atoms with Crippen molar-refractivity contribution in [2.75, 3.05) is 13.7 Å². The van der Waals surface area contributed by atoms with Gasteiger partial charge >= 0.3 is 5.69 Å². The van der Waals surface area contributed by atoms with Crippen molar-refractivity contribution in [3.63, 3.8) is 0 Å². The number of imidazole rings is 1. The number of aromatic amines is 1. The zero-order valence-electron chi connectivity index (χ0n) is 14.6. The maximum absolute atomic E-state index is 12.5. The fourth-order valence-corrected chi connectivity index (χ4v) is 2.75. The van der Waals surface area contributed by atoms with Crippen LogP contribution in [0, 0.1) is 0 Å². The van der Waals surface area contributed by atoms with Crippen molar-refractivity contribution in [2.45, 2.75) is 13.0 Å². The second-order valence-electron chi connectivity index (χ2n) is 5.91. The van der Waals surface area contributed by atoms with E-state index in [1.54, 1.807) is 7.11 Å². The SMILES string of the molecule is COc1cccc(CCNC(=O)c2c[nH]c(=O)n2Cc2ccccc2)c1. The van der Waals surface area contributed by atoms with Crippen molar-refractivity contribution in [3.8, 4) is 5.75 Å². The summed E-state index contributed by atoms with van der Waals surface area (Å²) in [5.74, 6) is 0.512. The third kappa shape index (κ3) is 4.22. The Morgan fingerprint density at radius 1 is 1.12 bits per heavy atom. The number of ether oxygens (including phenoxy) is 1. The fraction of sp³-hybridized carbons (Fsp3) is 0.200. The number of benzene rings is 2. The summed E-state index contributed by atoms with van der Waals surface area (Å²) in [4.78, 5) is 27.1. The Balaban J connectivity index is 1.64. The van der Waals surface area contributed by atoms with Crippen LogP contribution in [0.2, 0.25) is 0 Å². The lowest BCUT2D eigenvalue weighted by Gasteiger charge is -2.09. The zero-order valence-corrected chi connectivity index (χ0v) is 14.6. The number of amides is 1. The molecule has 0 spiro atoms. The van der Waals surface area contributed by atoms with E-state index in [0.717, 1.165) is 16.9 Å². The number of nitrogens with one attached hydrogen (secondary N) is 2. The van der Waals surface area contributed by atoms with Crippen molar-refractivity contribution in [1.82, 2.24) is 14.9 Å². The smallest absolute Gasteiger partial charge is 0.326 e. The molecule has 0 radical (unpaired) electrons. The lowest BCUT2D eigenvalue weighted by atomic mass is 10.1. The van der Waals surface area contributed by atoms with Gasteiger partial charge in [-0.05, 0) is 29.7 Å². The first kappa shape index (κ1) is 17.5. The molecule has 0 saturated carbocycles. The summed E-state index contributed by atoms with van der Waals surface area (Å²) >= 11 is 0. The number of carbonyl (C=O) groups is 1. The van der Waals surface area contributed by atoms with E-state index >= 15 is 0 Å². The van der Waals surface area contributed by atoms with Crippen LogP contribution in [-0.4, -0.2) is 29.1 Å². The molecule has 0 bridgehead atoms. The van der Waals surface area contributed by atoms with Gasteiger partial charge in [-0.2, -0.15) is 0 Å². The third-order valence-electron chi connectivity index (χ3n) is 4.12. The van der Waals surface area contributed by atoms with Gasteiger partial charge < -0.3 is 15.0 Å². The fourth-order valence-electron chi connectivity index (χ4n) is 2.75. The van der Waals surface area contributed by atoms with E-state index in [1.165, 1.54) is 10.8 Å². The highest BCUT2D eigenvalue weighted by molar-refractivity contribution is 5.92. The maximum atomic E-state index is 12.5. The first-order valence-electron chi connectivity index (χ1n) is 8.40. The molecule has 2 N–H and O–H groups in total. The number of aromatic nitrogens is 2. The zero-order chi connectivity index (χ0) is 18.4. The van der Waals surface area contributed by atoms with Crippen LogP contribution in [0.4, 0.5) is 0 Å². The van der Waals surface area contributed by atoms with Crippen molar-refractivity contribution in [2.24, 2.45) is 0 Å². The van der Waals surface area contributed by atoms with Gasteiger partial charge in [0.1, 0.15) is 11.4 Å². The Bertz CT molecular complexity index is 929. The molecule has 0 saturated heterocycles. The lowest BCUT2D eigenvalue weighted by Crippen LogP contribution is -2.30. The number of hydrogen-bond acceptors (Lipinski definition) is 3. The molecule has 1 aromatic heterocycles. The molecule has 6 nitrogen and oxygen atoms in total. The van der Waals surface area contributed by atoms with E-state index in [9.17, 15) is 9.59 Å². The third-order valence-corrected chi connectivity index (χ3v) is 4.12. The Morgan fingerprint density at radius 3 is 2.65 bits per heavy atom. The molecule has 3 rings (SSSR count). The van der Waals surface area contributed by atoms with E-state index in [1.807, 2.05) is 54.6 Å². The summed E-state index contributed by atoms with van der Waals surface area (Å²) in [7, 11) is 1.62. The van der Waals surface area contributed by atoms with E-state index in [2.05, 4.69) is 10.3 Å². The molecule has 26 heavy (non-hydrogen) atoms. The molecule has 134 valence electrons. The molecule has 0 aliphatic heterocycles. The molecule has 1 amide bonds. The molecule has 0 fully saturated rings. The molecule has 6 heteroatoms. The van der Waals surface area contributed by atoms with Gasteiger partial charge in [0.2, 0.25) is 0 Å². The number of H-pyrrole nitrogens is 1. The second kappa shape index (κ2) is 8.20. The standard InChI is InChI=1S/C20H21N3O3/c1-26-17-9-5-8-15(12-17)10-11-21-19(24)18-13-22-20(25)23(18)14-16-6-3-2-4-7-16/h2-9,12-13H,10-11,14H2,1H3,(H,21,24)(H,22,25). The molecule has 0 unspecified atom stereocenters. The molecular weight excluding hydrogens is 330 g/mol. The first-order valence-corrected chi connectivity index (χ1v) is 8.40. The topological polar surface area (TPSA) is 76.1 Å². The van der Waals surface area contributed by atoms with Crippen molar-refractivity contribution in [3.05, 3.63) is 88.1 Å². The minimum Gasteiger partial charge on any atom is -0.497 e. The maximum Gasteiger partial charge on any atom is 0.326 e. The summed E-state index contributed by atoms with van der Waals surface area (Å²) in [6.07, 6.45) is 2.13. The van der Waals surface area contributed by atoms with Crippen molar-refractivity contribution in [1.29, 1.82) is 0 Å². The number of carbonyl (C=O) groups excluding carboxylic acids is 1. The van der Waals surface area contributed by atoms with Crippen LogP contribution in [0.25, 0.3) is 0 Å². The highest BCUT2D eigenvalue weighted by Crippen LogP contribution is 2.12. The summed E-state index contributed by atoms with van der Waals surface area (Å²) < 4.78 is 6.64. The monoisotopic (exact) mass is 351 g/mol. The number of rotatable bonds is 7. The van der Waals surface area contributed by atoms with Crippen molar-refractivity contribution < 1.29 is 9.53 Å². The van der Waals surface area contributed by atoms with Gasteiger partial charge in [-0.3, -0.25) is 9.36 Å². The minimum absolute atomic E-state index is 0.276. The quantitative estimate of drug-likeness (QED) is 0.685. The number of methoxy groups -OCH3 is 1. The predicted octanol–water partition coefficient (Wildman–Crippen LogP) is 2.21. The molecule has 2 aromatic carbocycles. The Kier molecular flexibility index (Phi) is 5.53. The Morgan fingerprint density at radius 2 is 1.88 bits per heavy atom. The van der Waals surface area contributed by atoms with E-state index < -0.39 is 0 Å². The molecule has 0 atom stereocenters. The molecule has 1 heterocycles. The van der Waals surface area contributed by atoms with Crippen molar-refractivity contribution >= 4 is 5.91 Å². The van der Waals surface area contributed by atoms with Gasteiger partial charge in [0.25, 0.3) is 5.91 Å². The first-order chi connectivity index (χ1) is 12.7. The van der Waals surface area contributed by atoms with Crippen LogP contribution in [0.5, 0.6) is 5.75 Å². The largest absolute Gasteiger partial charge is 0.497 e. The predicted molar refractivity (Wildman–Crippen MR) is 99.6 cm³/mol. The molecule has 3 aromatic rings. The van der Waals surface area contributed by atoms with Gasteiger partial charge in [-0.25, -0.2) is 4.79 Å². The average Bonchev–Trinajstić information content (AvgIpc) is 3.03. The van der Waals surface area contributed by atoms with Crippen LogP contribution >= 0.6 is 0 Å². The molecule has 0 aliphatic carbocycles. The van der Waals surface area contributed by atoms with Crippen LogP contribution in [-0.2, 0) is 13.0 Å². The highest BCUT2D eigenvalue weighted by Gasteiger charge is 2.14. The van der Waals surface area contributed by atoms with E-state index in [-0.39, 0.29) is 11.6 Å². The highest BCUT2D eigenvalue weighted by atomic mass is 16.5. The van der Waals surface area contributed by atoms with Gasteiger partial charge in [-0.15, -0.1) is 0 Å². The Labute approximate surface area is 151 Å². The normalized spacial score (nSPS) is 10.5. The lowest BCUT2D eigenvalue weighted by molar-refractivity contribution is 0.0945. The number of nitrogens with zero attached hydrogens (tertiary/aromatic N) is 1. The summed E-state index contributed by atoms with van der Waals surface area (Å²) in [5, 5.41) is 2.86. The van der Waals surface area contributed by atoms with E-state index in [4.69, 9.17) is 4.74 Å². The second-order valence-corrected chi connectivity index (χ2v) is 5.91. The average molecular weight is 351 g/mol. The van der Waals surface area contributed by atoms with Crippen LogP contribution in [0.1, 0.15) is 21.6 Å². The van der Waals surface area contributed by atoms with Gasteiger partial charge in [-0.1, -0.05) is 42.5 Å². The van der Waals surface area contributed by atoms with Crippen LogP contribution < -0.4 is 15.7 Å². The molecule has 0 aliphatic rings. The molecular formula is C20H21N3O3. The van der Waals surface area contributed by atoms with Gasteiger partial charge in [0.05, 0.1) is 13.7 Å². The summed E-state index contributed by atoms with van der Waals surface area (Å²) in [6, 6.07) is 17.3. The summed E-state index contributed by atoms with van der Waals surface area (Å²) in [5.41, 5.74) is 2.05. The van der Waals surface area contributed by atoms with E-state index in [0.29, 0.717) is 25.2 Å².